The van der Waals surface area contributed by atoms with Gasteiger partial charge in [0.2, 0.25) is 0 Å². The van der Waals surface area contributed by atoms with Crippen molar-refractivity contribution in [3.05, 3.63) is 23.3 Å². The molecule has 0 aromatic heterocycles. The molecule has 5 nitrogen and oxygen atoms in total. The van der Waals surface area contributed by atoms with E-state index in [2.05, 4.69) is 14.2 Å². The summed E-state index contributed by atoms with van der Waals surface area (Å²) in [6.07, 6.45) is 0. The van der Waals surface area contributed by atoms with Gasteiger partial charge in [-0.05, 0) is 6.92 Å². The maximum atomic E-state index is 13.5. The van der Waals surface area contributed by atoms with Crippen molar-refractivity contribution in [3.63, 3.8) is 0 Å². The number of ketones is 1. The molecule has 0 N–H and O–H groups in total. The number of carbonyl (C=O) groups is 2. The van der Waals surface area contributed by atoms with Gasteiger partial charge < -0.3 is 14.2 Å². The van der Waals surface area contributed by atoms with E-state index >= 15 is 0 Å². The molecule has 0 aliphatic rings. The van der Waals surface area contributed by atoms with Gasteiger partial charge in [0.1, 0.15) is 5.56 Å². The van der Waals surface area contributed by atoms with E-state index in [4.69, 9.17) is 0 Å². The lowest BCUT2D eigenvalue weighted by Crippen LogP contribution is -2.20. The summed E-state index contributed by atoms with van der Waals surface area (Å²) in [6.45, 7) is 1.44. The zero-order valence-electron chi connectivity index (χ0n) is 10.6. The second-order valence-corrected chi connectivity index (χ2v) is 3.33. The Balaban J connectivity index is 3.46. The number of Topliss-reactive ketones (excluding diaryl/α,β-unsaturated/α-hetero) is 1. The fourth-order valence-corrected chi connectivity index (χ4v) is 1.49. The lowest BCUT2D eigenvalue weighted by Gasteiger charge is -2.13. The van der Waals surface area contributed by atoms with E-state index in [9.17, 15) is 18.4 Å². The molecule has 0 amide bonds. The second kappa shape index (κ2) is 6.12. The Morgan fingerprint density at radius 3 is 1.95 bits per heavy atom. The number of carbonyl (C=O) groups excluding carboxylic acids is 2. The van der Waals surface area contributed by atoms with Crippen LogP contribution in [-0.2, 0) is 9.53 Å². The minimum Gasteiger partial charge on any atom is -0.493 e. The molecule has 0 radical (unpaired) electrons. The summed E-state index contributed by atoms with van der Waals surface area (Å²) in [4.78, 5) is 23.2. The van der Waals surface area contributed by atoms with Crippen LogP contribution in [0.1, 0.15) is 17.3 Å². The molecule has 0 bridgehead atoms. The average Bonchev–Trinajstić information content (AvgIpc) is 2.37. The van der Waals surface area contributed by atoms with Gasteiger partial charge in [-0.15, -0.1) is 0 Å². The summed E-state index contributed by atoms with van der Waals surface area (Å²) in [6, 6.07) is 0.500. The Hall–Kier alpha value is -2.18. The highest BCUT2D eigenvalue weighted by Crippen LogP contribution is 2.34. The van der Waals surface area contributed by atoms with Crippen LogP contribution in [0, 0.1) is 11.6 Å². The van der Waals surface area contributed by atoms with Gasteiger partial charge in [-0.1, -0.05) is 0 Å². The summed E-state index contributed by atoms with van der Waals surface area (Å²) in [5.74, 6) is -5.87. The van der Waals surface area contributed by atoms with E-state index in [1.165, 1.54) is 6.92 Å². The number of hydrogen-bond acceptors (Lipinski definition) is 5. The van der Waals surface area contributed by atoms with Gasteiger partial charge in [0, 0.05) is 6.07 Å². The molecule has 0 fully saturated rings. The molecular weight excluding hydrogens is 262 g/mol. The standard InChI is InChI=1S/C12H12F2O5/c1-4-19-12(16)9(15)8-10(17-2)6(13)5-7(14)11(8)18-3/h5H,4H2,1-3H3. The lowest BCUT2D eigenvalue weighted by atomic mass is 10.1. The highest BCUT2D eigenvalue weighted by molar-refractivity contribution is 6.42. The Bertz CT molecular complexity index is 485. The van der Waals surface area contributed by atoms with E-state index in [0.717, 1.165) is 14.2 Å². The monoisotopic (exact) mass is 274 g/mol. The first-order chi connectivity index (χ1) is 8.97. The Morgan fingerprint density at radius 2 is 1.58 bits per heavy atom. The van der Waals surface area contributed by atoms with Crippen molar-refractivity contribution >= 4 is 11.8 Å². The van der Waals surface area contributed by atoms with E-state index in [-0.39, 0.29) is 6.61 Å². The largest absolute Gasteiger partial charge is 0.493 e. The van der Waals surface area contributed by atoms with Gasteiger partial charge in [0.25, 0.3) is 5.78 Å². The lowest BCUT2D eigenvalue weighted by molar-refractivity contribution is -0.137. The highest BCUT2D eigenvalue weighted by atomic mass is 19.1. The molecule has 1 aromatic rings. The molecule has 0 atom stereocenters. The zero-order valence-corrected chi connectivity index (χ0v) is 10.6. The topological polar surface area (TPSA) is 61.8 Å². The number of benzene rings is 1. The van der Waals surface area contributed by atoms with E-state index in [1.54, 1.807) is 0 Å². The number of methoxy groups -OCH3 is 2. The number of halogens is 2. The Morgan fingerprint density at radius 1 is 1.11 bits per heavy atom. The van der Waals surface area contributed by atoms with Gasteiger partial charge in [-0.2, -0.15) is 0 Å². The minimum atomic E-state index is -1.25. The summed E-state index contributed by atoms with van der Waals surface area (Å²) in [7, 11) is 2.16. The van der Waals surface area contributed by atoms with E-state index < -0.39 is 40.4 Å². The molecule has 0 spiro atoms. The maximum absolute atomic E-state index is 13.5. The quantitative estimate of drug-likeness (QED) is 0.465. The van der Waals surface area contributed by atoms with Crippen molar-refractivity contribution in [2.45, 2.75) is 6.92 Å². The van der Waals surface area contributed by atoms with Crippen LogP contribution in [0.5, 0.6) is 11.5 Å². The summed E-state index contributed by atoms with van der Waals surface area (Å²) >= 11 is 0. The predicted molar refractivity (Wildman–Crippen MR) is 60.4 cm³/mol. The zero-order chi connectivity index (χ0) is 14.6. The van der Waals surface area contributed by atoms with Crippen molar-refractivity contribution in [2.75, 3.05) is 20.8 Å². The van der Waals surface area contributed by atoms with Crippen LogP contribution < -0.4 is 9.47 Å². The highest BCUT2D eigenvalue weighted by Gasteiger charge is 2.30. The summed E-state index contributed by atoms with van der Waals surface area (Å²) in [5.41, 5.74) is -0.638. The number of ether oxygens (including phenoxy) is 3. The summed E-state index contributed by atoms with van der Waals surface area (Å²) < 4.78 is 40.9. The van der Waals surface area contributed by atoms with Gasteiger partial charge in [-0.3, -0.25) is 4.79 Å². The second-order valence-electron chi connectivity index (χ2n) is 3.33. The SMILES string of the molecule is CCOC(=O)C(=O)c1c(OC)c(F)cc(F)c1OC. The molecule has 1 aromatic carbocycles. The first-order valence-electron chi connectivity index (χ1n) is 5.29. The van der Waals surface area contributed by atoms with Crippen molar-refractivity contribution in [2.24, 2.45) is 0 Å². The molecule has 0 saturated carbocycles. The van der Waals surface area contributed by atoms with Crippen LogP contribution in [0.25, 0.3) is 0 Å². The Kier molecular flexibility index (Phi) is 4.80. The molecule has 104 valence electrons. The minimum absolute atomic E-state index is 0.0486. The van der Waals surface area contributed by atoms with Crippen LogP contribution in [0.4, 0.5) is 8.78 Å². The molecule has 0 heterocycles. The molecule has 7 heteroatoms. The van der Waals surface area contributed by atoms with Crippen LogP contribution in [-0.4, -0.2) is 32.6 Å². The fourth-order valence-electron chi connectivity index (χ4n) is 1.49. The van der Waals surface area contributed by atoms with Crippen LogP contribution >= 0.6 is 0 Å². The third-order valence-corrected chi connectivity index (χ3v) is 2.24. The average molecular weight is 274 g/mol. The molecule has 0 aliphatic carbocycles. The molecule has 0 unspecified atom stereocenters. The van der Waals surface area contributed by atoms with Crippen molar-refractivity contribution in [1.29, 1.82) is 0 Å². The maximum Gasteiger partial charge on any atom is 0.379 e. The van der Waals surface area contributed by atoms with Crippen molar-refractivity contribution < 1.29 is 32.6 Å². The Labute approximate surface area is 108 Å². The van der Waals surface area contributed by atoms with Crippen molar-refractivity contribution in [3.8, 4) is 11.5 Å². The van der Waals surface area contributed by atoms with Gasteiger partial charge in [0.05, 0.1) is 20.8 Å². The molecule has 1 rings (SSSR count). The van der Waals surface area contributed by atoms with Gasteiger partial charge in [0.15, 0.2) is 23.1 Å². The third kappa shape index (κ3) is 2.81. The van der Waals surface area contributed by atoms with Crippen LogP contribution in [0.2, 0.25) is 0 Å². The number of hydrogen-bond donors (Lipinski definition) is 0. The van der Waals surface area contributed by atoms with E-state index in [1.807, 2.05) is 0 Å². The smallest absolute Gasteiger partial charge is 0.379 e. The molecule has 0 saturated heterocycles. The predicted octanol–water partition coefficient (Wildman–Crippen LogP) is 1.73. The first-order valence-corrected chi connectivity index (χ1v) is 5.29. The van der Waals surface area contributed by atoms with Gasteiger partial charge >= 0.3 is 5.97 Å². The van der Waals surface area contributed by atoms with E-state index in [0.29, 0.717) is 6.07 Å². The molecular formula is C12H12F2O5. The van der Waals surface area contributed by atoms with Crippen LogP contribution in [0.3, 0.4) is 0 Å². The number of esters is 1. The van der Waals surface area contributed by atoms with Gasteiger partial charge in [-0.25, -0.2) is 13.6 Å². The number of rotatable bonds is 5. The molecule has 19 heavy (non-hydrogen) atoms. The summed E-state index contributed by atoms with van der Waals surface area (Å²) in [5, 5.41) is 0. The van der Waals surface area contributed by atoms with Crippen molar-refractivity contribution in [1.82, 2.24) is 0 Å². The fraction of sp³-hybridized carbons (Fsp3) is 0.333. The van der Waals surface area contributed by atoms with Crippen LogP contribution in [0.15, 0.2) is 6.07 Å². The third-order valence-electron chi connectivity index (χ3n) is 2.24. The normalized spacial score (nSPS) is 9.95. The first kappa shape index (κ1) is 14.9. The molecule has 0 aliphatic heterocycles.